The largest absolute Gasteiger partial charge is 0.452 e. The number of hydrogen-bond donors (Lipinski definition) is 3. The van der Waals surface area contributed by atoms with E-state index < -0.39 is 12.0 Å². The molecule has 0 aromatic heterocycles. The zero-order chi connectivity index (χ0) is 17.3. The fourth-order valence-electron chi connectivity index (χ4n) is 2.31. The fourth-order valence-corrected chi connectivity index (χ4v) is 3.03. The van der Waals surface area contributed by atoms with Gasteiger partial charge in [0, 0.05) is 5.56 Å². The molecule has 124 valence electrons. The second kappa shape index (κ2) is 6.32. The maximum absolute atomic E-state index is 12.0. The molecular weight excluding hydrogens is 334 g/mol. The zero-order valence-corrected chi connectivity index (χ0v) is 13.6. The van der Waals surface area contributed by atoms with Crippen molar-refractivity contribution in [2.45, 2.75) is 12.2 Å². The highest BCUT2D eigenvalue weighted by Crippen LogP contribution is 2.28. The molecule has 0 aliphatic carbocycles. The molecule has 24 heavy (non-hydrogen) atoms. The lowest BCUT2D eigenvalue weighted by molar-refractivity contribution is -0.110. The van der Waals surface area contributed by atoms with Crippen LogP contribution in [0.4, 0.5) is 15.3 Å². The minimum atomic E-state index is -0.774. The van der Waals surface area contributed by atoms with E-state index in [2.05, 4.69) is 31.1 Å². The number of nitrogens with one attached hydrogen (secondary N) is 3. The molecule has 3 N–H and O–H groups in total. The van der Waals surface area contributed by atoms with Gasteiger partial charge in [0.15, 0.2) is 5.71 Å². The van der Waals surface area contributed by atoms with Crippen molar-refractivity contribution in [1.82, 2.24) is 10.9 Å². The SMILES string of the molecule is COC(=O)NN=C1C(=O)Nc2ccc(C3=NNC(=O)SC3C)cc21. The summed E-state index contributed by atoms with van der Waals surface area (Å²) in [5, 5.41) is 10.2. The van der Waals surface area contributed by atoms with Gasteiger partial charge in [-0.05, 0) is 24.6 Å². The lowest BCUT2D eigenvalue weighted by Gasteiger charge is -2.18. The highest BCUT2D eigenvalue weighted by atomic mass is 32.2. The van der Waals surface area contributed by atoms with E-state index >= 15 is 0 Å². The number of carbonyl (C=O) groups excluding carboxylic acids is 3. The molecule has 1 unspecified atom stereocenters. The van der Waals surface area contributed by atoms with Crippen LogP contribution in [0.25, 0.3) is 0 Å². The average Bonchev–Trinajstić information content (AvgIpc) is 2.87. The van der Waals surface area contributed by atoms with Crippen LogP contribution in [0.15, 0.2) is 28.4 Å². The number of ether oxygens (including phenoxy) is 1. The maximum atomic E-state index is 12.0. The standard InChI is InChI=1S/C14H13N5O4S/c1-6-10(16-19-14(22)24-6)7-3-4-9-8(5-7)11(12(20)15-9)17-18-13(21)23-2/h3-6H,1-2H3,(H,18,21)(H,19,22)(H,15,17,20). The van der Waals surface area contributed by atoms with Gasteiger partial charge in [-0.3, -0.25) is 9.59 Å². The highest BCUT2D eigenvalue weighted by molar-refractivity contribution is 8.14. The Hall–Kier alpha value is -2.88. The summed E-state index contributed by atoms with van der Waals surface area (Å²) in [6.45, 7) is 1.87. The van der Waals surface area contributed by atoms with Gasteiger partial charge in [-0.2, -0.15) is 10.2 Å². The Morgan fingerprint density at radius 2 is 2.21 bits per heavy atom. The van der Waals surface area contributed by atoms with E-state index in [0.717, 1.165) is 17.3 Å². The van der Waals surface area contributed by atoms with Crippen LogP contribution in [0.2, 0.25) is 0 Å². The minimum absolute atomic E-state index is 0.0676. The van der Waals surface area contributed by atoms with Gasteiger partial charge in [0.25, 0.3) is 11.1 Å². The number of methoxy groups -OCH3 is 1. The van der Waals surface area contributed by atoms with Crippen molar-refractivity contribution in [3.05, 3.63) is 29.3 Å². The third-order valence-corrected chi connectivity index (χ3v) is 4.30. The van der Waals surface area contributed by atoms with Crippen LogP contribution in [-0.2, 0) is 9.53 Å². The van der Waals surface area contributed by atoms with Gasteiger partial charge >= 0.3 is 6.09 Å². The van der Waals surface area contributed by atoms with Crippen molar-refractivity contribution < 1.29 is 19.1 Å². The Labute approximate surface area is 140 Å². The average molecular weight is 347 g/mol. The first-order valence-corrected chi connectivity index (χ1v) is 7.79. The van der Waals surface area contributed by atoms with E-state index in [1.165, 1.54) is 7.11 Å². The molecule has 0 saturated carbocycles. The van der Waals surface area contributed by atoms with Crippen LogP contribution in [0.1, 0.15) is 18.1 Å². The van der Waals surface area contributed by atoms with Crippen LogP contribution < -0.4 is 16.2 Å². The number of nitrogens with zero attached hydrogens (tertiary/aromatic N) is 2. The summed E-state index contributed by atoms with van der Waals surface area (Å²) in [6.07, 6.45) is -0.774. The number of hydrazone groups is 2. The lowest BCUT2D eigenvalue weighted by atomic mass is 10.0. The summed E-state index contributed by atoms with van der Waals surface area (Å²) in [6, 6.07) is 5.25. The first-order valence-electron chi connectivity index (χ1n) is 6.91. The Morgan fingerprint density at radius 1 is 1.42 bits per heavy atom. The predicted octanol–water partition coefficient (Wildman–Crippen LogP) is 1.25. The Morgan fingerprint density at radius 3 is 2.92 bits per heavy atom. The number of fused-ring (bicyclic) bond motifs is 1. The number of benzene rings is 1. The molecule has 3 amide bonds. The number of thioether (sulfide) groups is 1. The van der Waals surface area contributed by atoms with Crippen molar-refractivity contribution in [1.29, 1.82) is 0 Å². The molecule has 1 aromatic rings. The molecule has 1 atom stereocenters. The second-order valence-electron chi connectivity index (χ2n) is 4.93. The molecule has 0 saturated heterocycles. The van der Waals surface area contributed by atoms with Gasteiger partial charge < -0.3 is 10.1 Å². The van der Waals surface area contributed by atoms with Gasteiger partial charge in [0.05, 0.1) is 23.8 Å². The van der Waals surface area contributed by atoms with E-state index in [1.807, 2.05) is 6.92 Å². The topological polar surface area (TPSA) is 121 Å². The third kappa shape index (κ3) is 2.95. The maximum Gasteiger partial charge on any atom is 0.427 e. The second-order valence-corrected chi connectivity index (χ2v) is 6.25. The Bertz CT molecular complexity index is 804. The molecule has 0 radical (unpaired) electrons. The third-order valence-electron chi connectivity index (χ3n) is 3.41. The van der Waals surface area contributed by atoms with Crippen molar-refractivity contribution in [3.8, 4) is 0 Å². The molecule has 9 nitrogen and oxygen atoms in total. The molecule has 1 aromatic carbocycles. The van der Waals surface area contributed by atoms with Gasteiger partial charge in [-0.15, -0.1) is 0 Å². The molecule has 0 fully saturated rings. The fraction of sp³-hybridized carbons (Fsp3) is 0.214. The molecule has 2 aliphatic rings. The number of amides is 3. The number of rotatable bonds is 2. The summed E-state index contributed by atoms with van der Waals surface area (Å²) < 4.78 is 4.43. The first-order chi connectivity index (χ1) is 11.5. The smallest absolute Gasteiger partial charge is 0.427 e. The van der Waals surface area contributed by atoms with Crippen molar-refractivity contribution in [2.75, 3.05) is 12.4 Å². The van der Waals surface area contributed by atoms with Crippen LogP contribution in [-0.4, -0.2) is 41.0 Å². The Kier molecular flexibility index (Phi) is 4.21. The predicted molar refractivity (Wildman–Crippen MR) is 89.3 cm³/mol. The summed E-state index contributed by atoms with van der Waals surface area (Å²) in [5.41, 5.74) is 7.16. The van der Waals surface area contributed by atoms with E-state index in [9.17, 15) is 14.4 Å². The molecular formula is C14H13N5O4S. The van der Waals surface area contributed by atoms with Gasteiger partial charge in [0.1, 0.15) is 0 Å². The van der Waals surface area contributed by atoms with Crippen molar-refractivity contribution in [3.63, 3.8) is 0 Å². The molecule has 2 heterocycles. The van der Waals surface area contributed by atoms with Crippen LogP contribution in [0.3, 0.4) is 0 Å². The van der Waals surface area contributed by atoms with Gasteiger partial charge in [-0.25, -0.2) is 15.6 Å². The monoisotopic (exact) mass is 347 g/mol. The molecule has 0 spiro atoms. The van der Waals surface area contributed by atoms with Crippen LogP contribution in [0, 0.1) is 0 Å². The zero-order valence-electron chi connectivity index (χ0n) is 12.7. The van der Waals surface area contributed by atoms with Gasteiger partial charge in [-0.1, -0.05) is 17.8 Å². The van der Waals surface area contributed by atoms with E-state index in [1.54, 1.807) is 18.2 Å². The first kappa shape index (κ1) is 16.0. The van der Waals surface area contributed by atoms with E-state index in [4.69, 9.17) is 0 Å². The minimum Gasteiger partial charge on any atom is -0.452 e. The highest BCUT2D eigenvalue weighted by Gasteiger charge is 2.29. The molecule has 0 bridgehead atoms. The van der Waals surface area contributed by atoms with E-state index in [0.29, 0.717) is 17.0 Å². The Balaban J connectivity index is 1.96. The van der Waals surface area contributed by atoms with E-state index in [-0.39, 0.29) is 16.2 Å². The molecule has 3 rings (SSSR count). The molecule has 10 heteroatoms. The van der Waals surface area contributed by atoms with Gasteiger partial charge in [0.2, 0.25) is 0 Å². The summed E-state index contributed by atoms with van der Waals surface area (Å²) in [7, 11) is 1.20. The van der Waals surface area contributed by atoms with Crippen LogP contribution in [0.5, 0.6) is 0 Å². The lowest BCUT2D eigenvalue weighted by Crippen LogP contribution is -2.29. The van der Waals surface area contributed by atoms with Crippen LogP contribution >= 0.6 is 11.8 Å². The number of carbonyl (C=O) groups is 3. The number of anilines is 1. The summed E-state index contributed by atoms with van der Waals surface area (Å²) in [4.78, 5) is 34.5. The van der Waals surface area contributed by atoms with Crippen molar-refractivity contribution >= 4 is 46.1 Å². The number of hydrogen-bond acceptors (Lipinski definition) is 7. The normalized spacial score (nSPS) is 20.8. The van der Waals surface area contributed by atoms with Crippen molar-refractivity contribution in [2.24, 2.45) is 10.2 Å². The summed E-state index contributed by atoms with van der Waals surface area (Å²) >= 11 is 1.13. The quantitative estimate of drug-likeness (QED) is 0.695. The summed E-state index contributed by atoms with van der Waals surface area (Å²) in [5.74, 6) is -0.431. The molecule has 2 aliphatic heterocycles.